The van der Waals surface area contributed by atoms with Gasteiger partial charge in [-0.1, -0.05) is 12.7 Å². The fourth-order valence-electron chi connectivity index (χ4n) is 1.24. The maximum Gasteiger partial charge on any atom is 0.238 e. The van der Waals surface area contributed by atoms with Crippen molar-refractivity contribution in [3.8, 4) is 5.88 Å². The lowest BCUT2D eigenvalue weighted by Crippen LogP contribution is -1.96. The fourth-order valence-corrected chi connectivity index (χ4v) is 1.67. The molecule has 2 heterocycles. The third-order valence-electron chi connectivity index (χ3n) is 1.85. The summed E-state index contributed by atoms with van der Waals surface area (Å²) in [5.74, 6) is 0.605. The molecule has 0 unspecified atom stereocenters. The second-order valence-electron chi connectivity index (χ2n) is 2.78. The zero-order chi connectivity index (χ0) is 9.97. The first-order valence-corrected chi connectivity index (χ1v) is 4.97. The van der Waals surface area contributed by atoms with E-state index in [1.54, 1.807) is 12.3 Å². The molecule has 0 fully saturated rings. The van der Waals surface area contributed by atoms with Gasteiger partial charge in [-0.2, -0.15) is 0 Å². The number of halogens is 1. The number of nitrogens with one attached hydrogen (secondary N) is 1. The van der Waals surface area contributed by atoms with E-state index < -0.39 is 0 Å². The van der Waals surface area contributed by atoms with E-state index in [2.05, 4.69) is 32.5 Å². The van der Waals surface area contributed by atoms with Gasteiger partial charge in [-0.05, 0) is 22.0 Å². The van der Waals surface area contributed by atoms with Crippen molar-refractivity contribution >= 4 is 26.8 Å². The Morgan fingerprint density at radius 1 is 1.64 bits per heavy atom. The highest BCUT2D eigenvalue weighted by Gasteiger charge is 2.06. The first-order chi connectivity index (χ1) is 6.83. The average molecular weight is 253 g/mol. The van der Waals surface area contributed by atoms with Crippen LogP contribution in [0.25, 0.3) is 10.9 Å². The number of ether oxygens (including phenoxy) is 1. The summed E-state index contributed by atoms with van der Waals surface area (Å²) in [5, 5.41) is 1.07. The Morgan fingerprint density at radius 3 is 3.29 bits per heavy atom. The molecule has 0 saturated carbocycles. The van der Waals surface area contributed by atoms with Crippen LogP contribution in [-0.2, 0) is 0 Å². The predicted molar refractivity (Wildman–Crippen MR) is 59.5 cm³/mol. The molecule has 0 aliphatic carbocycles. The molecule has 2 aromatic rings. The van der Waals surface area contributed by atoms with Gasteiger partial charge in [-0.15, -0.1) is 0 Å². The van der Waals surface area contributed by atoms with Gasteiger partial charge in [0.1, 0.15) is 12.1 Å². The maximum atomic E-state index is 5.40. The Morgan fingerprint density at radius 2 is 2.50 bits per heavy atom. The minimum Gasteiger partial charge on any atom is -0.472 e. The number of aromatic amines is 1. The van der Waals surface area contributed by atoms with Crippen LogP contribution in [-0.4, -0.2) is 16.6 Å². The number of hydrogen-bond acceptors (Lipinski definition) is 2. The zero-order valence-electron chi connectivity index (χ0n) is 7.46. The molecule has 72 valence electrons. The van der Waals surface area contributed by atoms with Crippen LogP contribution in [0.1, 0.15) is 0 Å². The van der Waals surface area contributed by atoms with Crippen molar-refractivity contribution in [2.75, 3.05) is 6.61 Å². The van der Waals surface area contributed by atoms with Crippen molar-refractivity contribution in [1.29, 1.82) is 0 Å². The number of hydrogen-bond donors (Lipinski definition) is 1. The number of pyridine rings is 1. The van der Waals surface area contributed by atoms with Crippen molar-refractivity contribution < 1.29 is 4.74 Å². The number of aromatic nitrogens is 2. The van der Waals surface area contributed by atoms with E-state index in [-0.39, 0.29) is 0 Å². The average Bonchev–Trinajstić information content (AvgIpc) is 2.66. The summed E-state index contributed by atoms with van der Waals surface area (Å²) in [5.41, 5.74) is 0.904. The number of nitrogens with zero attached hydrogens (tertiary/aromatic N) is 1. The Kier molecular flexibility index (Phi) is 2.54. The molecule has 0 amide bonds. The lowest BCUT2D eigenvalue weighted by atomic mass is 10.3. The van der Waals surface area contributed by atoms with E-state index in [4.69, 9.17) is 4.74 Å². The van der Waals surface area contributed by atoms with Crippen molar-refractivity contribution in [2.45, 2.75) is 0 Å². The first kappa shape index (κ1) is 9.27. The van der Waals surface area contributed by atoms with Gasteiger partial charge in [-0.3, -0.25) is 0 Å². The molecular weight excluding hydrogens is 244 g/mol. The molecule has 0 bridgehead atoms. The van der Waals surface area contributed by atoms with Crippen LogP contribution >= 0.6 is 15.9 Å². The summed E-state index contributed by atoms with van der Waals surface area (Å²) in [6.07, 6.45) is 5.28. The van der Waals surface area contributed by atoms with Crippen molar-refractivity contribution in [3.05, 3.63) is 35.6 Å². The number of rotatable bonds is 3. The Balaban J connectivity index is 2.49. The van der Waals surface area contributed by atoms with Gasteiger partial charge < -0.3 is 9.72 Å². The first-order valence-electron chi connectivity index (χ1n) is 4.18. The molecule has 0 radical (unpaired) electrons. The van der Waals surface area contributed by atoms with Gasteiger partial charge in [0, 0.05) is 22.3 Å². The smallest absolute Gasteiger partial charge is 0.238 e. The zero-order valence-corrected chi connectivity index (χ0v) is 9.04. The second kappa shape index (κ2) is 3.84. The highest BCUT2D eigenvalue weighted by atomic mass is 79.9. The molecule has 2 rings (SSSR count). The van der Waals surface area contributed by atoms with Crippen LogP contribution in [0.3, 0.4) is 0 Å². The normalized spacial score (nSPS) is 10.4. The molecule has 0 aromatic carbocycles. The highest BCUT2D eigenvalue weighted by Crippen LogP contribution is 2.28. The number of fused-ring (bicyclic) bond motifs is 1. The molecule has 14 heavy (non-hydrogen) atoms. The van der Waals surface area contributed by atoms with Gasteiger partial charge >= 0.3 is 0 Å². The summed E-state index contributed by atoms with van der Waals surface area (Å²) in [6, 6.07) is 1.97. The van der Waals surface area contributed by atoms with Crippen molar-refractivity contribution in [3.63, 3.8) is 0 Å². The molecule has 0 aliphatic heterocycles. The Bertz CT molecular complexity index is 464. The van der Waals surface area contributed by atoms with Crippen molar-refractivity contribution in [1.82, 2.24) is 9.97 Å². The van der Waals surface area contributed by atoms with Crippen LogP contribution in [0.15, 0.2) is 35.6 Å². The van der Waals surface area contributed by atoms with Crippen LogP contribution in [0.2, 0.25) is 0 Å². The Labute approximate surface area is 89.9 Å². The van der Waals surface area contributed by atoms with Crippen LogP contribution in [0.4, 0.5) is 0 Å². The van der Waals surface area contributed by atoms with Crippen LogP contribution in [0.5, 0.6) is 5.88 Å². The molecule has 0 atom stereocenters. The largest absolute Gasteiger partial charge is 0.472 e. The van der Waals surface area contributed by atoms with Gasteiger partial charge in [0.25, 0.3) is 0 Å². The third kappa shape index (κ3) is 1.53. The second-order valence-corrected chi connectivity index (χ2v) is 3.63. The van der Waals surface area contributed by atoms with Gasteiger partial charge in [0.15, 0.2) is 0 Å². The molecule has 2 aromatic heterocycles. The van der Waals surface area contributed by atoms with Gasteiger partial charge in [-0.25, -0.2) is 4.98 Å². The lowest BCUT2D eigenvalue weighted by Gasteiger charge is -2.03. The quantitative estimate of drug-likeness (QED) is 0.854. The third-order valence-corrected chi connectivity index (χ3v) is 2.48. The summed E-state index contributed by atoms with van der Waals surface area (Å²) in [7, 11) is 0. The molecule has 0 saturated heterocycles. The lowest BCUT2D eigenvalue weighted by molar-refractivity contribution is 0.353. The standard InChI is InChI=1S/C10H9BrN2O/c1-2-5-14-10-9-7(3-4-12-9)8(11)6-13-10/h2-4,6,12H,1,5H2. The molecule has 3 nitrogen and oxygen atoms in total. The van der Waals surface area contributed by atoms with Gasteiger partial charge in [0.2, 0.25) is 5.88 Å². The molecule has 0 spiro atoms. The maximum absolute atomic E-state index is 5.40. The molecular formula is C10H9BrN2O. The SMILES string of the molecule is C=CCOc1ncc(Br)c2cc[nH]c12. The summed E-state index contributed by atoms with van der Waals surface area (Å²) in [4.78, 5) is 7.25. The minimum atomic E-state index is 0.461. The fraction of sp³-hybridized carbons (Fsp3) is 0.100. The van der Waals surface area contributed by atoms with Crippen LogP contribution < -0.4 is 4.74 Å². The van der Waals surface area contributed by atoms with E-state index in [1.807, 2.05) is 12.3 Å². The van der Waals surface area contributed by atoms with E-state index in [9.17, 15) is 0 Å². The topological polar surface area (TPSA) is 37.9 Å². The number of H-pyrrole nitrogens is 1. The summed E-state index contributed by atoms with van der Waals surface area (Å²) >= 11 is 3.42. The van der Waals surface area contributed by atoms with Crippen LogP contribution in [0, 0.1) is 0 Å². The minimum absolute atomic E-state index is 0.461. The monoisotopic (exact) mass is 252 g/mol. The summed E-state index contributed by atoms with van der Waals surface area (Å²) in [6.45, 7) is 4.05. The van der Waals surface area contributed by atoms with Crippen molar-refractivity contribution in [2.24, 2.45) is 0 Å². The molecule has 1 N–H and O–H groups in total. The van der Waals surface area contributed by atoms with E-state index >= 15 is 0 Å². The van der Waals surface area contributed by atoms with E-state index in [0.717, 1.165) is 15.4 Å². The highest BCUT2D eigenvalue weighted by molar-refractivity contribution is 9.10. The van der Waals surface area contributed by atoms with E-state index in [0.29, 0.717) is 12.5 Å². The predicted octanol–water partition coefficient (Wildman–Crippen LogP) is 2.89. The summed E-state index contributed by atoms with van der Waals surface area (Å²) < 4.78 is 6.36. The van der Waals surface area contributed by atoms with E-state index in [1.165, 1.54) is 0 Å². The molecule has 0 aliphatic rings. The Hall–Kier alpha value is -1.29. The molecule has 4 heteroatoms. The van der Waals surface area contributed by atoms with Gasteiger partial charge in [0.05, 0.1) is 0 Å².